The Hall–Kier alpha value is -2.14. The van der Waals surface area contributed by atoms with Crippen LogP contribution in [-0.4, -0.2) is 20.1 Å². The average Bonchev–Trinajstić information content (AvgIpc) is 2.96. The molecule has 5 nitrogen and oxygen atoms in total. The maximum atomic E-state index is 13.9. The SMILES string of the molecule is O=S(=O)(NCc1ccoc1)c1ccc(C#CCO)cc1F. The number of aliphatic hydroxyl groups is 1. The molecule has 110 valence electrons. The molecule has 0 atom stereocenters. The van der Waals surface area contributed by atoms with E-state index in [1.165, 1.54) is 18.6 Å². The van der Waals surface area contributed by atoms with Crippen LogP contribution in [0.15, 0.2) is 46.1 Å². The number of sulfonamides is 1. The molecule has 7 heteroatoms. The first-order valence-corrected chi connectivity index (χ1v) is 7.41. The van der Waals surface area contributed by atoms with Gasteiger partial charge in [-0.05, 0) is 24.3 Å². The Bertz CT molecular complexity index is 773. The van der Waals surface area contributed by atoms with Crippen molar-refractivity contribution >= 4 is 10.0 Å². The Kier molecular flexibility index (Phi) is 4.75. The summed E-state index contributed by atoms with van der Waals surface area (Å²) in [6, 6.07) is 5.12. The molecule has 0 amide bonds. The van der Waals surface area contributed by atoms with Gasteiger partial charge in [-0.1, -0.05) is 11.8 Å². The molecule has 0 bridgehead atoms. The summed E-state index contributed by atoms with van der Waals surface area (Å²) in [5.41, 5.74) is 0.916. The molecule has 0 fully saturated rings. The Balaban J connectivity index is 2.19. The van der Waals surface area contributed by atoms with Gasteiger partial charge in [-0.3, -0.25) is 0 Å². The van der Waals surface area contributed by atoms with E-state index < -0.39 is 20.7 Å². The zero-order chi connectivity index (χ0) is 15.3. The van der Waals surface area contributed by atoms with E-state index >= 15 is 0 Å². The fourth-order valence-electron chi connectivity index (χ4n) is 1.59. The Morgan fingerprint density at radius 2 is 2.14 bits per heavy atom. The fourth-order valence-corrected chi connectivity index (χ4v) is 2.66. The lowest BCUT2D eigenvalue weighted by Gasteiger charge is -2.07. The van der Waals surface area contributed by atoms with Crippen LogP contribution < -0.4 is 4.72 Å². The number of hydrogen-bond donors (Lipinski definition) is 2. The van der Waals surface area contributed by atoms with Crippen LogP contribution in [0.3, 0.4) is 0 Å². The van der Waals surface area contributed by atoms with Gasteiger partial charge in [0, 0.05) is 17.7 Å². The molecule has 0 saturated heterocycles. The highest BCUT2D eigenvalue weighted by atomic mass is 32.2. The van der Waals surface area contributed by atoms with Crippen molar-refractivity contribution in [2.45, 2.75) is 11.4 Å². The molecule has 0 aliphatic rings. The molecule has 0 aliphatic carbocycles. The molecule has 0 spiro atoms. The third kappa shape index (κ3) is 3.92. The van der Waals surface area contributed by atoms with Gasteiger partial charge >= 0.3 is 0 Å². The minimum Gasteiger partial charge on any atom is -0.472 e. The second-order valence-corrected chi connectivity index (χ2v) is 5.80. The number of halogens is 1. The Morgan fingerprint density at radius 1 is 1.33 bits per heavy atom. The van der Waals surface area contributed by atoms with Gasteiger partial charge in [0.15, 0.2) is 0 Å². The average molecular weight is 309 g/mol. The molecule has 0 unspecified atom stereocenters. The van der Waals surface area contributed by atoms with Gasteiger partial charge in [-0.2, -0.15) is 0 Å². The fraction of sp³-hybridized carbons (Fsp3) is 0.143. The summed E-state index contributed by atoms with van der Waals surface area (Å²) in [4.78, 5) is -0.458. The lowest BCUT2D eigenvalue weighted by atomic mass is 10.2. The van der Waals surface area contributed by atoms with E-state index in [1.54, 1.807) is 6.07 Å². The largest absolute Gasteiger partial charge is 0.472 e. The predicted molar refractivity (Wildman–Crippen MR) is 73.1 cm³/mol. The highest BCUT2D eigenvalue weighted by Gasteiger charge is 2.19. The molecule has 2 N–H and O–H groups in total. The summed E-state index contributed by atoms with van der Waals surface area (Å²) < 4.78 is 45.0. The van der Waals surface area contributed by atoms with Crippen LogP contribution in [0.25, 0.3) is 0 Å². The van der Waals surface area contributed by atoms with Gasteiger partial charge in [0.1, 0.15) is 17.3 Å². The van der Waals surface area contributed by atoms with Crippen LogP contribution in [0.1, 0.15) is 11.1 Å². The predicted octanol–water partition coefficient (Wildman–Crippen LogP) is 1.24. The van der Waals surface area contributed by atoms with Crippen molar-refractivity contribution in [3.8, 4) is 11.8 Å². The maximum absolute atomic E-state index is 13.9. The lowest BCUT2D eigenvalue weighted by molar-refractivity contribution is 0.350. The first-order valence-electron chi connectivity index (χ1n) is 5.93. The first-order chi connectivity index (χ1) is 10.0. The Labute approximate surface area is 121 Å². The minimum absolute atomic E-state index is 0.00431. The zero-order valence-corrected chi connectivity index (χ0v) is 11.7. The van der Waals surface area contributed by atoms with Crippen molar-refractivity contribution in [1.82, 2.24) is 4.72 Å². The molecule has 0 radical (unpaired) electrons. The summed E-state index contributed by atoms with van der Waals surface area (Å²) in [5, 5.41) is 8.56. The first kappa shape index (κ1) is 15.3. The smallest absolute Gasteiger partial charge is 0.243 e. The van der Waals surface area contributed by atoms with Crippen LogP contribution in [0, 0.1) is 17.7 Å². The molecular weight excluding hydrogens is 297 g/mol. The van der Waals surface area contributed by atoms with Gasteiger partial charge in [0.05, 0.1) is 12.5 Å². The van der Waals surface area contributed by atoms with Gasteiger partial charge in [-0.15, -0.1) is 0 Å². The van der Waals surface area contributed by atoms with Crippen molar-refractivity contribution in [2.75, 3.05) is 6.61 Å². The van der Waals surface area contributed by atoms with Gasteiger partial charge in [0.2, 0.25) is 10.0 Å². The Morgan fingerprint density at radius 3 is 2.76 bits per heavy atom. The van der Waals surface area contributed by atoms with Crippen molar-refractivity contribution < 1.29 is 22.3 Å². The van der Waals surface area contributed by atoms with E-state index in [1.807, 2.05) is 0 Å². The van der Waals surface area contributed by atoms with E-state index in [4.69, 9.17) is 9.52 Å². The molecule has 2 aromatic rings. The maximum Gasteiger partial charge on any atom is 0.243 e. The number of benzene rings is 1. The number of nitrogens with one attached hydrogen (secondary N) is 1. The zero-order valence-electron chi connectivity index (χ0n) is 10.8. The molecule has 2 rings (SSSR count). The third-order valence-electron chi connectivity index (χ3n) is 2.58. The summed E-state index contributed by atoms with van der Waals surface area (Å²) >= 11 is 0. The monoisotopic (exact) mass is 309 g/mol. The van der Waals surface area contributed by atoms with Crippen LogP contribution in [0.5, 0.6) is 0 Å². The van der Waals surface area contributed by atoms with Crippen LogP contribution in [-0.2, 0) is 16.6 Å². The quantitative estimate of drug-likeness (QED) is 0.833. The summed E-state index contributed by atoms with van der Waals surface area (Å²) in [7, 11) is -3.97. The van der Waals surface area contributed by atoms with Crippen molar-refractivity contribution in [3.63, 3.8) is 0 Å². The van der Waals surface area contributed by atoms with E-state index in [-0.39, 0.29) is 18.7 Å². The molecule has 1 heterocycles. The van der Waals surface area contributed by atoms with Gasteiger partial charge in [0.25, 0.3) is 0 Å². The number of aliphatic hydroxyl groups excluding tert-OH is 1. The van der Waals surface area contributed by atoms with Crippen molar-refractivity contribution in [3.05, 3.63) is 53.7 Å². The number of rotatable bonds is 4. The molecule has 0 saturated carbocycles. The number of hydrogen-bond acceptors (Lipinski definition) is 4. The number of furan rings is 1. The van der Waals surface area contributed by atoms with E-state index in [2.05, 4.69) is 16.6 Å². The second-order valence-electron chi connectivity index (χ2n) is 4.06. The second kappa shape index (κ2) is 6.54. The summed E-state index contributed by atoms with van der Waals surface area (Å²) in [6.07, 6.45) is 2.81. The molecule has 0 aliphatic heterocycles. The van der Waals surface area contributed by atoms with E-state index in [0.717, 1.165) is 12.1 Å². The van der Waals surface area contributed by atoms with Crippen molar-refractivity contribution in [1.29, 1.82) is 0 Å². The highest BCUT2D eigenvalue weighted by Crippen LogP contribution is 2.16. The molecule has 1 aromatic heterocycles. The third-order valence-corrected chi connectivity index (χ3v) is 4.01. The van der Waals surface area contributed by atoms with Crippen molar-refractivity contribution in [2.24, 2.45) is 0 Å². The normalized spacial score (nSPS) is 11.0. The molecule has 21 heavy (non-hydrogen) atoms. The van der Waals surface area contributed by atoms with Gasteiger partial charge < -0.3 is 9.52 Å². The summed E-state index contributed by atoms with van der Waals surface area (Å²) in [6.45, 7) is -0.349. The molecule has 1 aromatic carbocycles. The topological polar surface area (TPSA) is 79.5 Å². The van der Waals surface area contributed by atoms with E-state index in [0.29, 0.717) is 5.56 Å². The standard InChI is InChI=1S/C14H12FNO4S/c15-13-8-11(2-1-6-17)3-4-14(13)21(18,19)16-9-12-5-7-20-10-12/h3-5,7-8,10,16-17H,6,9H2. The van der Waals surface area contributed by atoms with Crippen LogP contribution in [0.2, 0.25) is 0 Å². The summed E-state index contributed by atoms with van der Waals surface area (Å²) in [5.74, 6) is 3.95. The van der Waals surface area contributed by atoms with Crippen LogP contribution >= 0.6 is 0 Å². The molecular formula is C14H12FNO4S. The van der Waals surface area contributed by atoms with E-state index in [9.17, 15) is 12.8 Å². The van der Waals surface area contributed by atoms with Gasteiger partial charge in [-0.25, -0.2) is 17.5 Å². The minimum atomic E-state index is -3.97. The highest BCUT2D eigenvalue weighted by molar-refractivity contribution is 7.89. The lowest BCUT2D eigenvalue weighted by Crippen LogP contribution is -2.24. The van der Waals surface area contributed by atoms with Crippen LogP contribution in [0.4, 0.5) is 4.39 Å².